The van der Waals surface area contributed by atoms with Gasteiger partial charge in [-0.25, -0.2) is 4.39 Å². The molecular weight excluding hydrogens is 285 g/mol. The Morgan fingerprint density at radius 3 is 2.36 bits per heavy atom. The number of likely N-dealkylation sites (tertiary alicyclic amines) is 2. The first-order chi connectivity index (χ1) is 10.6. The van der Waals surface area contributed by atoms with Crippen LogP contribution in [0.15, 0.2) is 24.5 Å². The molecule has 2 saturated heterocycles. The van der Waals surface area contributed by atoms with E-state index >= 15 is 4.39 Å². The fourth-order valence-corrected chi connectivity index (χ4v) is 3.24. The lowest BCUT2D eigenvalue weighted by molar-refractivity contribution is -0.146. The molecule has 2 aliphatic rings. The average Bonchev–Trinajstić information content (AvgIpc) is 3.08. The molecule has 3 heterocycles. The Labute approximate surface area is 129 Å². The summed E-state index contributed by atoms with van der Waals surface area (Å²) in [7, 11) is 0. The van der Waals surface area contributed by atoms with Crippen LogP contribution < -0.4 is 0 Å². The van der Waals surface area contributed by atoms with Crippen molar-refractivity contribution in [3.63, 3.8) is 0 Å². The molecule has 1 aromatic rings. The summed E-state index contributed by atoms with van der Waals surface area (Å²) >= 11 is 0. The van der Waals surface area contributed by atoms with Crippen LogP contribution in [0.3, 0.4) is 0 Å². The van der Waals surface area contributed by atoms with Gasteiger partial charge in [-0.2, -0.15) is 0 Å². The van der Waals surface area contributed by atoms with E-state index in [1.807, 2.05) is 0 Å². The van der Waals surface area contributed by atoms with Crippen LogP contribution in [0.4, 0.5) is 4.39 Å². The van der Waals surface area contributed by atoms with Gasteiger partial charge in [0.25, 0.3) is 11.8 Å². The quantitative estimate of drug-likeness (QED) is 0.835. The predicted molar refractivity (Wildman–Crippen MR) is 79.0 cm³/mol. The highest BCUT2D eigenvalue weighted by molar-refractivity contribution is 5.95. The summed E-state index contributed by atoms with van der Waals surface area (Å²) < 4.78 is 15.1. The third-order valence-electron chi connectivity index (χ3n) is 4.43. The molecule has 0 saturated carbocycles. The van der Waals surface area contributed by atoms with Crippen molar-refractivity contribution in [1.29, 1.82) is 0 Å². The third-order valence-corrected chi connectivity index (χ3v) is 4.43. The van der Waals surface area contributed by atoms with E-state index in [0.29, 0.717) is 31.6 Å². The second-order valence-corrected chi connectivity index (χ2v) is 6.03. The number of amides is 2. The summed E-state index contributed by atoms with van der Waals surface area (Å²) in [4.78, 5) is 31.8. The second-order valence-electron chi connectivity index (χ2n) is 6.03. The SMILES string of the molecule is O=C(c1ccncc1)N1CCC[C@@](F)(C(=O)N2CCCC2)C1. The molecule has 118 valence electrons. The van der Waals surface area contributed by atoms with Gasteiger partial charge in [0.15, 0.2) is 0 Å². The number of carbonyl (C=O) groups is 2. The number of piperidine rings is 1. The minimum Gasteiger partial charge on any atom is -0.340 e. The van der Waals surface area contributed by atoms with Crippen molar-refractivity contribution in [3.8, 4) is 0 Å². The number of alkyl halides is 1. The smallest absolute Gasteiger partial charge is 0.262 e. The Bertz CT molecular complexity index is 560. The first kappa shape index (κ1) is 14.9. The fourth-order valence-electron chi connectivity index (χ4n) is 3.24. The number of hydrogen-bond acceptors (Lipinski definition) is 3. The molecule has 2 aliphatic heterocycles. The van der Waals surface area contributed by atoms with Crippen LogP contribution in [0.1, 0.15) is 36.0 Å². The Kier molecular flexibility index (Phi) is 4.09. The summed E-state index contributed by atoms with van der Waals surface area (Å²) in [6.07, 6.45) is 5.64. The van der Waals surface area contributed by atoms with Gasteiger partial charge in [0.05, 0.1) is 6.54 Å². The van der Waals surface area contributed by atoms with Crippen LogP contribution in [-0.2, 0) is 4.79 Å². The average molecular weight is 305 g/mol. The Hall–Kier alpha value is -1.98. The standard InChI is InChI=1S/C16H20FN3O2/c17-16(15(22)19-9-1-2-10-19)6-3-11-20(12-16)14(21)13-4-7-18-8-5-13/h4-5,7-8H,1-3,6,9-12H2/t16-/m0/s1. The summed E-state index contributed by atoms with van der Waals surface area (Å²) in [5.74, 6) is -0.685. The van der Waals surface area contributed by atoms with Gasteiger partial charge in [0, 0.05) is 37.6 Å². The normalized spacial score (nSPS) is 25.3. The largest absolute Gasteiger partial charge is 0.340 e. The van der Waals surface area contributed by atoms with Crippen molar-refractivity contribution < 1.29 is 14.0 Å². The predicted octanol–water partition coefficient (Wildman–Crippen LogP) is 1.65. The van der Waals surface area contributed by atoms with Gasteiger partial charge < -0.3 is 9.80 Å². The maximum atomic E-state index is 15.1. The van der Waals surface area contributed by atoms with E-state index in [4.69, 9.17) is 0 Å². The third kappa shape index (κ3) is 2.82. The lowest BCUT2D eigenvalue weighted by Gasteiger charge is -2.38. The van der Waals surface area contributed by atoms with Crippen molar-refractivity contribution in [2.45, 2.75) is 31.4 Å². The van der Waals surface area contributed by atoms with Crippen LogP contribution in [0.5, 0.6) is 0 Å². The number of halogens is 1. The Balaban J connectivity index is 1.73. The maximum Gasteiger partial charge on any atom is 0.262 e. The van der Waals surface area contributed by atoms with Crippen molar-refractivity contribution in [2.75, 3.05) is 26.2 Å². The molecule has 3 rings (SSSR count). The van der Waals surface area contributed by atoms with E-state index < -0.39 is 11.6 Å². The topological polar surface area (TPSA) is 53.5 Å². The van der Waals surface area contributed by atoms with Gasteiger partial charge in [0.2, 0.25) is 5.67 Å². The fraction of sp³-hybridized carbons (Fsp3) is 0.562. The van der Waals surface area contributed by atoms with Crippen molar-refractivity contribution >= 4 is 11.8 Å². The molecule has 0 aliphatic carbocycles. The highest BCUT2D eigenvalue weighted by atomic mass is 19.1. The minimum absolute atomic E-state index is 0.149. The molecule has 2 fully saturated rings. The number of pyridine rings is 1. The molecule has 6 heteroatoms. The molecular formula is C16H20FN3O2. The van der Waals surface area contributed by atoms with Gasteiger partial charge in [-0.3, -0.25) is 14.6 Å². The highest BCUT2D eigenvalue weighted by Gasteiger charge is 2.46. The molecule has 0 aromatic carbocycles. The lowest BCUT2D eigenvalue weighted by Crippen LogP contribution is -2.56. The number of nitrogens with zero attached hydrogens (tertiary/aromatic N) is 3. The minimum atomic E-state index is -1.94. The van der Waals surface area contributed by atoms with Gasteiger partial charge in [0.1, 0.15) is 0 Å². The van der Waals surface area contributed by atoms with Gasteiger partial charge >= 0.3 is 0 Å². The molecule has 2 amide bonds. The molecule has 1 atom stereocenters. The monoisotopic (exact) mass is 305 g/mol. The van der Waals surface area contributed by atoms with Gasteiger partial charge in [-0.15, -0.1) is 0 Å². The maximum absolute atomic E-state index is 15.1. The summed E-state index contributed by atoms with van der Waals surface area (Å²) in [6.45, 7) is 1.59. The van der Waals surface area contributed by atoms with Crippen molar-refractivity contribution in [2.24, 2.45) is 0 Å². The second kappa shape index (κ2) is 6.02. The van der Waals surface area contributed by atoms with Crippen molar-refractivity contribution in [3.05, 3.63) is 30.1 Å². The Morgan fingerprint density at radius 2 is 1.68 bits per heavy atom. The zero-order valence-electron chi connectivity index (χ0n) is 12.5. The van der Waals surface area contributed by atoms with E-state index in [1.165, 1.54) is 17.3 Å². The molecule has 0 spiro atoms. The molecule has 0 radical (unpaired) electrons. The Morgan fingerprint density at radius 1 is 1.05 bits per heavy atom. The zero-order chi connectivity index (χ0) is 15.6. The van der Waals surface area contributed by atoms with Crippen molar-refractivity contribution in [1.82, 2.24) is 14.8 Å². The van der Waals surface area contributed by atoms with Crippen LogP contribution in [0.2, 0.25) is 0 Å². The molecule has 5 nitrogen and oxygen atoms in total. The molecule has 0 unspecified atom stereocenters. The first-order valence-corrected chi connectivity index (χ1v) is 7.78. The van der Waals surface area contributed by atoms with E-state index in [1.54, 1.807) is 17.0 Å². The zero-order valence-corrected chi connectivity index (χ0v) is 12.5. The first-order valence-electron chi connectivity index (χ1n) is 7.78. The lowest BCUT2D eigenvalue weighted by atomic mass is 9.92. The van der Waals surface area contributed by atoms with Crippen LogP contribution in [0.25, 0.3) is 0 Å². The van der Waals surface area contributed by atoms with Crippen LogP contribution in [0, 0.1) is 0 Å². The molecule has 22 heavy (non-hydrogen) atoms. The molecule has 0 bridgehead atoms. The van der Waals surface area contributed by atoms with E-state index in [2.05, 4.69) is 4.98 Å². The van der Waals surface area contributed by atoms with Crippen LogP contribution >= 0.6 is 0 Å². The number of hydrogen-bond donors (Lipinski definition) is 0. The molecule has 0 N–H and O–H groups in total. The summed E-state index contributed by atoms with van der Waals surface area (Å²) in [6, 6.07) is 3.22. The van der Waals surface area contributed by atoms with E-state index in [9.17, 15) is 9.59 Å². The molecule has 1 aromatic heterocycles. The van der Waals surface area contributed by atoms with Gasteiger partial charge in [-0.1, -0.05) is 0 Å². The van der Waals surface area contributed by atoms with E-state index in [-0.39, 0.29) is 18.9 Å². The summed E-state index contributed by atoms with van der Waals surface area (Å²) in [5.41, 5.74) is -1.46. The number of aromatic nitrogens is 1. The van der Waals surface area contributed by atoms with Crippen LogP contribution in [-0.4, -0.2) is 58.4 Å². The summed E-state index contributed by atoms with van der Waals surface area (Å²) in [5, 5.41) is 0. The number of rotatable bonds is 2. The van der Waals surface area contributed by atoms with E-state index in [0.717, 1.165) is 12.8 Å². The highest BCUT2D eigenvalue weighted by Crippen LogP contribution is 2.29. The number of carbonyl (C=O) groups excluding carboxylic acids is 2. The van der Waals surface area contributed by atoms with Gasteiger partial charge in [-0.05, 0) is 37.8 Å².